The van der Waals surface area contributed by atoms with Gasteiger partial charge in [-0.3, -0.25) is 14.4 Å². The normalized spacial score (nSPS) is 19.5. The van der Waals surface area contributed by atoms with Crippen LogP contribution < -0.4 is 4.90 Å². The maximum Gasteiger partial charge on any atom is 0.227 e. The number of amides is 1. The van der Waals surface area contributed by atoms with E-state index in [0.29, 0.717) is 6.42 Å². The van der Waals surface area contributed by atoms with Crippen LogP contribution in [-0.4, -0.2) is 38.8 Å². The van der Waals surface area contributed by atoms with Crippen LogP contribution in [0.5, 0.6) is 0 Å². The van der Waals surface area contributed by atoms with Crippen molar-refractivity contribution >= 4 is 11.6 Å². The van der Waals surface area contributed by atoms with Crippen molar-refractivity contribution in [3.63, 3.8) is 0 Å². The Bertz CT molecular complexity index is 782. The highest BCUT2D eigenvalue weighted by molar-refractivity contribution is 5.95. The Morgan fingerprint density at radius 3 is 2.65 bits per heavy atom. The molecule has 1 fully saturated rings. The summed E-state index contributed by atoms with van der Waals surface area (Å²) in [7, 11) is 0. The number of rotatable bonds is 4. The third-order valence-corrected chi connectivity index (χ3v) is 5.27. The lowest BCUT2D eigenvalue weighted by Gasteiger charge is -2.20. The van der Waals surface area contributed by atoms with E-state index in [1.54, 1.807) is 6.92 Å². The molecule has 1 atom stereocenters. The zero-order valence-corrected chi connectivity index (χ0v) is 15.3. The fourth-order valence-corrected chi connectivity index (χ4v) is 3.85. The average molecular weight is 354 g/mol. The van der Waals surface area contributed by atoms with Crippen molar-refractivity contribution in [2.24, 2.45) is 0 Å². The minimum atomic E-state index is -0.524. The second kappa shape index (κ2) is 7.21. The molecule has 6 heteroatoms. The summed E-state index contributed by atoms with van der Waals surface area (Å²) in [4.78, 5) is 16.2. The number of hydrogen-bond donors (Lipinski definition) is 1. The first-order valence-corrected chi connectivity index (χ1v) is 9.46. The number of aliphatic hydroxyl groups excluding tert-OH is 1. The van der Waals surface area contributed by atoms with Gasteiger partial charge < -0.3 is 10.0 Å². The second-order valence-electron chi connectivity index (χ2n) is 7.34. The SMILES string of the molecule is C[C@H](O)c1cc2n(n1)CCCN(Cc1ccc(N3CCCC3=O)cc1)C2. The Morgan fingerprint density at radius 2 is 1.96 bits per heavy atom. The monoisotopic (exact) mass is 354 g/mol. The number of carbonyl (C=O) groups excluding carboxylic acids is 1. The summed E-state index contributed by atoms with van der Waals surface area (Å²) < 4.78 is 2.03. The van der Waals surface area contributed by atoms with Gasteiger partial charge >= 0.3 is 0 Å². The maximum atomic E-state index is 11.9. The first-order chi connectivity index (χ1) is 12.6. The molecule has 1 amide bonds. The van der Waals surface area contributed by atoms with Crippen LogP contribution in [0.15, 0.2) is 30.3 Å². The van der Waals surface area contributed by atoms with Crippen molar-refractivity contribution in [3.05, 3.63) is 47.3 Å². The summed E-state index contributed by atoms with van der Waals surface area (Å²) in [6.07, 6.45) is 2.14. The highest BCUT2D eigenvalue weighted by Crippen LogP contribution is 2.23. The maximum absolute atomic E-state index is 11.9. The number of fused-ring (bicyclic) bond motifs is 1. The van der Waals surface area contributed by atoms with Crippen LogP contribution in [0.1, 0.15) is 49.2 Å². The van der Waals surface area contributed by atoms with Crippen molar-refractivity contribution in [2.45, 2.75) is 51.9 Å². The van der Waals surface area contributed by atoms with E-state index >= 15 is 0 Å². The molecule has 138 valence electrons. The summed E-state index contributed by atoms with van der Waals surface area (Å²) >= 11 is 0. The van der Waals surface area contributed by atoms with Crippen molar-refractivity contribution in [3.8, 4) is 0 Å². The molecule has 0 aliphatic carbocycles. The number of nitrogens with zero attached hydrogens (tertiary/aromatic N) is 4. The quantitative estimate of drug-likeness (QED) is 0.916. The van der Waals surface area contributed by atoms with E-state index in [1.165, 1.54) is 5.56 Å². The molecule has 1 saturated heterocycles. The summed E-state index contributed by atoms with van der Waals surface area (Å²) in [6.45, 7) is 6.23. The highest BCUT2D eigenvalue weighted by Gasteiger charge is 2.22. The molecular weight excluding hydrogens is 328 g/mol. The van der Waals surface area contributed by atoms with Crippen LogP contribution in [0.4, 0.5) is 5.69 Å². The van der Waals surface area contributed by atoms with E-state index < -0.39 is 6.10 Å². The topological polar surface area (TPSA) is 61.6 Å². The van der Waals surface area contributed by atoms with Crippen molar-refractivity contribution < 1.29 is 9.90 Å². The number of carbonyl (C=O) groups is 1. The number of benzene rings is 1. The molecule has 26 heavy (non-hydrogen) atoms. The minimum absolute atomic E-state index is 0.229. The molecule has 0 bridgehead atoms. The van der Waals surface area contributed by atoms with Crippen molar-refractivity contribution in [1.29, 1.82) is 0 Å². The lowest BCUT2D eigenvalue weighted by atomic mass is 10.1. The Kier molecular flexibility index (Phi) is 4.78. The van der Waals surface area contributed by atoms with E-state index in [1.807, 2.05) is 15.6 Å². The van der Waals surface area contributed by atoms with Gasteiger partial charge in [0.25, 0.3) is 0 Å². The molecule has 1 aromatic carbocycles. The zero-order valence-electron chi connectivity index (χ0n) is 15.3. The number of aliphatic hydroxyl groups is 1. The molecule has 0 radical (unpaired) electrons. The average Bonchev–Trinajstić information content (AvgIpc) is 3.18. The molecule has 6 nitrogen and oxygen atoms in total. The van der Waals surface area contributed by atoms with Gasteiger partial charge in [0, 0.05) is 44.8 Å². The molecular formula is C20H26N4O2. The molecule has 1 aromatic heterocycles. The van der Waals surface area contributed by atoms with Crippen molar-refractivity contribution in [2.75, 3.05) is 18.0 Å². The minimum Gasteiger partial charge on any atom is -0.387 e. The highest BCUT2D eigenvalue weighted by atomic mass is 16.3. The van der Waals surface area contributed by atoms with Crippen LogP contribution in [0.3, 0.4) is 0 Å². The molecule has 4 rings (SSSR count). The predicted octanol–water partition coefficient (Wildman–Crippen LogP) is 2.47. The first-order valence-electron chi connectivity index (χ1n) is 9.46. The third-order valence-electron chi connectivity index (χ3n) is 5.27. The van der Waals surface area contributed by atoms with E-state index in [-0.39, 0.29) is 5.91 Å². The van der Waals surface area contributed by atoms with Gasteiger partial charge in [-0.2, -0.15) is 5.10 Å². The Hall–Kier alpha value is -2.18. The van der Waals surface area contributed by atoms with Gasteiger partial charge in [0.15, 0.2) is 0 Å². The van der Waals surface area contributed by atoms with E-state index in [0.717, 1.165) is 62.6 Å². The molecule has 1 N–H and O–H groups in total. The van der Waals surface area contributed by atoms with Crippen LogP contribution in [-0.2, 0) is 24.4 Å². The molecule has 3 heterocycles. The van der Waals surface area contributed by atoms with Gasteiger partial charge in [0.1, 0.15) is 0 Å². The van der Waals surface area contributed by atoms with Crippen molar-refractivity contribution in [1.82, 2.24) is 14.7 Å². The van der Waals surface area contributed by atoms with Crippen LogP contribution >= 0.6 is 0 Å². The summed E-state index contributed by atoms with van der Waals surface area (Å²) in [5.41, 5.74) is 4.18. The van der Waals surface area contributed by atoms with Gasteiger partial charge in [0.05, 0.1) is 17.5 Å². The Morgan fingerprint density at radius 1 is 1.15 bits per heavy atom. The second-order valence-corrected chi connectivity index (χ2v) is 7.34. The lowest BCUT2D eigenvalue weighted by Crippen LogP contribution is -2.24. The molecule has 2 aromatic rings. The fraction of sp³-hybridized carbons (Fsp3) is 0.500. The van der Waals surface area contributed by atoms with E-state index in [2.05, 4.69) is 34.3 Å². The Labute approximate surface area is 154 Å². The molecule has 2 aliphatic rings. The number of aryl methyl sites for hydroxylation is 1. The van der Waals surface area contributed by atoms with Crippen LogP contribution in [0.25, 0.3) is 0 Å². The molecule has 0 unspecified atom stereocenters. The van der Waals surface area contributed by atoms with Crippen LogP contribution in [0, 0.1) is 0 Å². The van der Waals surface area contributed by atoms with Crippen LogP contribution in [0.2, 0.25) is 0 Å². The summed E-state index contributed by atoms with van der Waals surface area (Å²) in [5, 5.41) is 14.3. The fourth-order valence-electron chi connectivity index (χ4n) is 3.85. The van der Waals surface area contributed by atoms with Gasteiger partial charge in [-0.25, -0.2) is 0 Å². The lowest BCUT2D eigenvalue weighted by molar-refractivity contribution is -0.117. The summed E-state index contributed by atoms with van der Waals surface area (Å²) in [5.74, 6) is 0.229. The van der Waals surface area contributed by atoms with E-state index in [9.17, 15) is 9.90 Å². The zero-order chi connectivity index (χ0) is 18.1. The predicted molar refractivity (Wildman–Crippen MR) is 99.6 cm³/mol. The van der Waals surface area contributed by atoms with Gasteiger partial charge in [-0.15, -0.1) is 0 Å². The first kappa shape index (κ1) is 17.2. The number of hydrogen-bond acceptors (Lipinski definition) is 4. The Balaban J connectivity index is 1.44. The van der Waals surface area contributed by atoms with Gasteiger partial charge in [-0.05, 0) is 43.5 Å². The van der Waals surface area contributed by atoms with E-state index in [4.69, 9.17) is 0 Å². The number of anilines is 1. The largest absolute Gasteiger partial charge is 0.387 e. The number of aromatic nitrogens is 2. The molecule has 0 saturated carbocycles. The third kappa shape index (κ3) is 3.52. The molecule has 0 spiro atoms. The summed E-state index contributed by atoms with van der Waals surface area (Å²) in [6, 6.07) is 10.4. The standard InChI is InChI=1S/C20H26N4O2/c1-15(25)19-12-18-14-22(9-3-11-24(18)21-19)13-16-5-7-17(8-6-16)23-10-2-4-20(23)26/h5-8,12,15,25H,2-4,9-11,13-14H2,1H3/t15-/m0/s1. The molecule has 2 aliphatic heterocycles. The van der Waals surface area contributed by atoms with Gasteiger partial charge in [0.2, 0.25) is 5.91 Å². The van der Waals surface area contributed by atoms with Gasteiger partial charge in [-0.1, -0.05) is 12.1 Å². The smallest absolute Gasteiger partial charge is 0.227 e.